The van der Waals surface area contributed by atoms with Gasteiger partial charge < -0.3 is 15.4 Å². The molecule has 0 aliphatic heterocycles. The average molecular weight is 282 g/mol. The molecule has 2 amide bonds. The maximum absolute atomic E-state index is 11.9. The summed E-state index contributed by atoms with van der Waals surface area (Å²) in [6.45, 7) is 3.33. The van der Waals surface area contributed by atoms with Gasteiger partial charge in [-0.15, -0.1) is 0 Å². The Morgan fingerprint density at radius 1 is 0.952 bits per heavy atom. The molecule has 0 bridgehead atoms. The molecule has 0 aliphatic carbocycles. The number of benzene rings is 2. The molecule has 0 unspecified atom stereocenters. The number of rotatable bonds is 4. The number of anilines is 2. The molecule has 0 spiro atoms. The van der Waals surface area contributed by atoms with E-state index in [0.717, 1.165) is 6.08 Å². The van der Waals surface area contributed by atoms with Crippen LogP contribution in [0.4, 0.5) is 16.2 Å². The summed E-state index contributed by atoms with van der Waals surface area (Å²) in [5.74, 6) is -0.335. The van der Waals surface area contributed by atoms with Crippen molar-refractivity contribution in [1.29, 1.82) is 0 Å². The van der Waals surface area contributed by atoms with Crippen LogP contribution in [0.1, 0.15) is 0 Å². The van der Waals surface area contributed by atoms with Crippen molar-refractivity contribution in [3.63, 3.8) is 0 Å². The van der Waals surface area contributed by atoms with E-state index in [1.165, 1.54) is 0 Å². The van der Waals surface area contributed by atoms with Gasteiger partial charge in [-0.2, -0.15) is 0 Å². The zero-order valence-electron chi connectivity index (χ0n) is 11.2. The molecule has 2 aromatic rings. The standard InChI is InChI=1S/C16H14N2O3/c1-2-15(19)21-14-11-7-6-10-13(14)18-16(20)17-12-8-4-3-5-9-12/h2-11H,1H2,(H2,17,18,20). The molecule has 0 aromatic heterocycles. The number of para-hydroxylation sites is 3. The number of nitrogens with one attached hydrogen (secondary N) is 2. The lowest BCUT2D eigenvalue weighted by Crippen LogP contribution is -2.20. The van der Waals surface area contributed by atoms with Crippen molar-refractivity contribution in [2.45, 2.75) is 0 Å². The maximum Gasteiger partial charge on any atom is 0.335 e. The zero-order chi connectivity index (χ0) is 15.1. The Balaban J connectivity index is 2.07. The fraction of sp³-hybridized carbons (Fsp3) is 0. The largest absolute Gasteiger partial charge is 0.421 e. The van der Waals surface area contributed by atoms with E-state index in [1.807, 2.05) is 18.2 Å². The molecule has 0 heterocycles. The number of carbonyl (C=O) groups excluding carboxylic acids is 2. The van der Waals surface area contributed by atoms with Crippen molar-refractivity contribution >= 4 is 23.4 Å². The first-order valence-corrected chi connectivity index (χ1v) is 6.25. The van der Waals surface area contributed by atoms with Gasteiger partial charge in [-0.1, -0.05) is 36.9 Å². The van der Waals surface area contributed by atoms with Crippen LogP contribution in [0.2, 0.25) is 0 Å². The Morgan fingerprint density at radius 2 is 1.62 bits per heavy atom. The molecule has 0 saturated heterocycles. The van der Waals surface area contributed by atoms with Gasteiger partial charge in [0.05, 0.1) is 5.69 Å². The van der Waals surface area contributed by atoms with Crippen molar-refractivity contribution in [2.24, 2.45) is 0 Å². The molecule has 5 nitrogen and oxygen atoms in total. The number of carbonyl (C=O) groups is 2. The van der Waals surface area contributed by atoms with Crippen LogP contribution in [0.5, 0.6) is 5.75 Å². The molecule has 0 fully saturated rings. The van der Waals surface area contributed by atoms with E-state index < -0.39 is 12.0 Å². The molecule has 2 rings (SSSR count). The molecule has 2 N–H and O–H groups in total. The van der Waals surface area contributed by atoms with E-state index in [4.69, 9.17) is 4.74 Å². The minimum Gasteiger partial charge on any atom is -0.421 e. The third-order valence-electron chi connectivity index (χ3n) is 2.54. The summed E-state index contributed by atoms with van der Waals surface area (Å²) in [7, 11) is 0. The second-order valence-electron chi connectivity index (χ2n) is 4.07. The van der Waals surface area contributed by atoms with Crippen LogP contribution in [0, 0.1) is 0 Å². The predicted octanol–water partition coefficient (Wildman–Crippen LogP) is 3.42. The third kappa shape index (κ3) is 4.21. The fourth-order valence-corrected chi connectivity index (χ4v) is 1.62. The highest BCUT2D eigenvalue weighted by molar-refractivity contribution is 6.01. The Hall–Kier alpha value is -3.08. The molecule has 5 heteroatoms. The highest BCUT2D eigenvalue weighted by Crippen LogP contribution is 2.24. The second-order valence-corrected chi connectivity index (χ2v) is 4.07. The summed E-state index contributed by atoms with van der Waals surface area (Å²) < 4.78 is 5.05. The molecule has 106 valence electrons. The molecule has 0 atom stereocenters. The van der Waals surface area contributed by atoms with Gasteiger partial charge in [0, 0.05) is 11.8 Å². The van der Waals surface area contributed by atoms with E-state index in [-0.39, 0.29) is 5.75 Å². The molecule has 0 aliphatic rings. The third-order valence-corrected chi connectivity index (χ3v) is 2.54. The molecule has 0 radical (unpaired) electrons. The van der Waals surface area contributed by atoms with E-state index in [1.54, 1.807) is 36.4 Å². The Morgan fingerprint density at radius 3 is 2.33 bits per heavy atom. The summed E-state index contributed by atoms with van der Waals surface area (Å²) in [6.07, 6.45) is 1.06. The van der Waals surface area contributed by atoms with Gasteiger partial charge in [-0.3, -0.25) is 0 Å². The van der Waals surface area contributed by atoms with Crippen LogP contribution in [0.15, 0.2) is 67.3 Å². The van der Waals surface area contributed by atoms with Gasteiger partial charge in [-0.25, -0.2) is 9.59 Å². The van der Waals surface area contributed by atoms with E-state index >= 15 is 0 Å². The molecular weight excluding hydrogens is 268 g/mol. The summed E-state index contributed by atoms with van der Waals surface area (Å²) in [6, 6.07) is 15.2. The van der Waals surface area contributed by atoms with Crippen LogP contribution in [-0.4, -0.2) is 12.0 Å². The number of hydrogen-bond donors (Lipinski definition) is 2. The van der Waals surface area contributed by atoms with Crippen LogP contribution in [0.25, 0.3) is 0 Å². The lowest BCUT2D eigenvalue weighted by atomic mass is 10.3. The monoisotopic (exact) mass is 282 g/mol. The SMILES string of the molecule is C=CC(=O)Oc1ccccc1NC(=O)Nc1ccccc1. The molecule has 21 heavy (non-hydrogen) atoms. The first-order valence-electron chi connectivity index (χ1n) is 6.25. The smallest absolute Gasteiger partial charge is 0.335 e. The normalized spacial score (nSPS) is 9.52. The number of hydrogen-bond acceptors (Lipinski definition) is 3. The molecule has 0 saturated carbocycles. The van der Waals surface area contributed by atoms with Crippen molar-refractivity contribution < 1.29 is 14.3 Å². The maximum atomic E-state index is 11.9. The van der Waals surface area contributed by atoms with E-state index in [9.17, 15) is 9.59 Å². The second kappa shape index (κ2) is 6.91. The summed E-state index contributed by atoms with van der Waals surface area (Å²) in [5.41, 5.74) is 1.05. The number of esters is 1. The van der Waals surface area contributed by atoms with Gasteiger partial charge in [0.2, 0.25) is 0 Å². The minimum atomic E-state index is -0.590. The van der Waals surface area contributed by atoms with Gasteiger partial charge >= 0.3 is 12.0 Å². The van der Waals surface area contributed by atoms with Gasteiger partial charge in [-0.05, 0) is 24.3 Å². The quantitative estimate of drug-likeness (QED) is 0.513. The van der Waals surface area contributed by atoms with Crippen LogP contribution >= 0.6 is 0 Å². The van der Waals surface area contributed by atoms with Crippen molar-refractivity contribution in [1.82, 2.24) is 0 Å². The highest BCUT2D eigenvalue weighted by Gasteiger charge is 2.09. The average Bonchev–Trinajstić information content (AvgIpc) is 2.50. The summed E-state index contributed by atoms with van der Waals surface area (Å²) in [4.78, 5) is 23.1. The van der Waals surface area contributed by atoms with Gasteiger partial charge in [0.25, 0.3) is 0 Å². The summed E-state index contributed by atoms with van der Waals surface area (Å²) >= 11 is 0. The predicted molar refractivity (Wildman–Crippen MR) is 81.4 cm³/mol. The van der Waals surface area contributed by atoms with Crippen LogP contribution in [0.3, 0.4) is 0 Å². The minimum absolute atomic E-state index is 0.255. The Labute approximate surface area is 122 Å². The van der Waals surface area contributed by atoms with Crippen molar-refractivity contribution in [3.05, 3.63) is 67.3 Å². The Kier molecular flexibility index (Phi) is 4.71. The molecule has 2 aromatic carbocycles. The van der Waals surface area contributed by atoms with Crippen LogP contribution < -0.4 is 15.4 Å². The first-order chi connectivity index (χ1) is 10.2. The van der Waals surface area contributed by atoms with Crippen molar-refractivity contribution in [3.8, 4) is 5.75 Å². The number of ether oxygens (including phenoxy) is 1. The Bertz CT molecular complexity index is 654. The van der Waals surface area contributed by atoms with Gasteiger partial charge in [0.1, 0.15) is 0 Å². The zero-order valence-corrected chi connectivity index (χ0v) is 11.2. The van der Waals surface area contributed by atoms with Gasteiger partial charge in [0.15, 0.2) is 5.75 Å². The highest BCUT2D eigenvalue weighted by atomic mass is 16.5. The van der Waals surface area contributed by atoms with Crippen molar-refractivity contribution in [2.75, 3.05) is 10.6 Å². The first kappa shape index (κ1) is 14.3. The summed E-state index contributed by atoms with van der Waals surface area (Å²) in [5, 5.41) is 5.30. The molecular formula is C16H14N2O3. The topological polar surface area (TPSA) is 67.4 Å². The number of urea groups is 1. The van der Waals surface area contributed by atoms with Crippen LogP contribution in [-0.2, 0) is 4.79 Å². The number of amides is 2. The fourth-order valence-electron chi connectivity index (χ4n) is 1.62. The van der Waals surface area contributed by atoms with E-state index in [2.05, 4.69) is 17.2 Å². The van der Waals surface area contributed by atoms with E-state index in [0.29, 0.717) is 11.4 Å². The lowest BCUT2D eigenvalue weighted by Gasteiger charge is -2.11. The lowest BCUT2D eigenvalue weighted by molar-refractivity contribution is -0.128.